The molecule has 0 spiro atoms. The third-order valence-electron chi connectivity index (χ3n) is 3.11. The third-order valence-corrected chi connectivity index (χ3v) is 3.70. The topological polar surface area (TPSA) is 18.5 Å². The highest BCUT2D eigenvalue weighted by Gasteiger charge is 2.19. The van der Waals surface area contributed by atoms with Crippen molar-refractivity contribution in [3.63, 3.8) is 0 Å². The lowest BCUT2D eigenvalue weighted by Crippen LogP contribution is -1.92. The average Bonchev–Trinajstić information content (AvgIpc) is 2.81. The molecule has 0 bridgehead atoms. The van der Waals surface area contributed by atoms with Crippen molar-refractivity contribution >= 4 is 9.03 Å². The van der Waals surface area contributed by atoms with E-state index in [-0.39, 0.29) is 9.03 Å². The predicted octanol–water partition coefficient (Wildman–Crippen LogP) is 4.65. The van der Waals surface area contributed by atoms with Crippen molar-refractivity contribution in [2.75, 3.05) is 0 Å². The summed E-state index contributed by atoms with van der Waals surface area (Å²) in [7, 11) is 0.147. The number of hydrogen-bond acceptors (Lipinski definition) is 2. The first-order chi connectivity index (χ1) is 8.35. The van der Waals surface area contributed by atoms with E-state index in [0.29, 0.717) is 0 Å². The van der Waals surface area contributed by atoms with E-state index in [0.717, 1.165) is 24.3 Å². The summed E-state index contributed by atoms with van der Waals surface area (Å²) in [4.78, 5) is 0. The van der Waals surface area contributed by atoms with Crippen LogP contribution in [0.2, 0.25) is 0 Å². The maximum Gasteiger partial charge on any atom is 0.275 e. The van der Waals surface area contributed by atoms with Crippen LogP contribution in [0.4, 0.5) is 0 Å². The molecule has 17 heavy (non-hydrogen) atoms. The second-order valence-corrected chi connectivity index (χ2v) is 5.15. The Bertz CT molecular complexity index is 377. The zero-order valence-corrected chi connectivity index (χ0v) is 11.7. The van der Waals surface area contributed by atoms with Gasteiger partial charge in [-0.25, -0.2) is 0 Å². The molecule has 0 fully saturated rings. The van der Waals surface area contributed by atoms with Gasteiger partial charge in [0.25, 0.3) is 9.03 Å². The van der Waals surface area contributed by atoms with Gasteiger partial charge in [0.15, 0.2) is 11.5 Å². The van der Waals surface area contributed by atoms with Crippen LogP contribution in [0.3, 0.4) is 0 Å². The molecule has 0 saturated heterocycles. The van der Waals surface area contributed by atoms with E-state index in [1.54, 1.807) is 0 Å². The molecule has 3 heteroatoms. The zero-order chi connectivity index (χ0) is 12.1. The summed E-state index contributed by atoms with van der Waals surface area (Å²) in [5, 5.41) is 0. The van der Waals surface area contributed by atoms with E-state index in [1.807, 2.05) is 0 Å². The Kier molecular flexibility index (Phi) is 4.67. The van der Waals surface area contributed by atoms with Gasteiger partial charge in [-0.05, 0) is 42.9 Å². The largest absolute Gasteiger partial charge is 0.437 e. The van der Waals surface area contributed by atoms with Crippen molar-refractivity contribution in [3.8, 4) is 11.5 Å². The molecule has 1 atom stereocenters. The Morgan fingerprint density at radius 3 is 2.53 bits per heavy atom. The molecule has 1 unspecified atom stereocenters. The molecule has 0 radical (unpaired) electrons. The van der Waals surface area contributed by atoms with Gasteiger partial charge in [-0.15, -0.1) is 0 Å². The first kappa shape index (κ1) is 12.7. The van der Waals surface area contributed by atoms with Crippen molar-refractivity contribution in [2.45, 2.75) is 52.4 Å². The summed E-state index contributed by atoms with van der Waals surface area (Å²) in [5.74, 6) is 1.96. The number of hydrogen-bond donors (Lipinski definition) is 0. The van der Waals surface area contributed by atoms with E-state index in [1.165, 1.54) is 36.8 Å². The van der Waals surface area contributed by atoms with Gasteiger partial charge in [0.1, 0.15) is 0 Å². The van der Waals surface area contributed by atoms with E-state index in [2.05, 4.69) is 26.0 Å². The second-order valence-electron chi connectivity index (χ2n) is 4.58. The van der Waals surface area contributed by atoms with Gasteiger partial charge < -0.3 is 9.05 Å². The van der Waals surface area contributed by atoms with E-state index >= 15 is 0 Å². The maximum atomic E-state index is 5.59. The van der Waals surface area contributed by atoms with Crippen LogP contribution in [0.5, 0.6) is 11.5 Å². The minimum absolute atomic E-state index is 0.147. The molecule has 94 valence electrons. The molecule has 2 nitrogen and oxygen atoms in total. The average molecular weight is 252 g/mol. The van der Waals surface area contributed by atoms with Crippen LogP contribution in [0.1, 0.15) is 50.7 Å². The van der Waals surface area contributed by atoms with Crippen molar-refractivity contribution in [3.05, 3.63) is 23.3 Å². The molecule has 1 aromatic carbocycles. The molecule has 0 saturated carbocycles. The van der Waals surface area contributed by atoms with Gasteiger partial charge in [0.05, 0.1) is 0 Å². The molecule has 1 aliphatic rings. The Balaban J connectivity index is 2.19. The first-order valence-corrected chi connectivity index (χ1v) is 7.41. The Labute approximate surface area is 106 Å². The van der Waals surface area contributed by atoms with Gasteiger partial charge in [0, 0.05) is 0 Å². The van der Waals surface area contributed by atoms with Crippen LogP contribution in [0, 0.1) is 0 Å². The summed E-state index contributed by atoms with van der Waals surface area (Å²) in [6.45, 7) is 4.45. The quantitative estimate of drug-likeness (QED) is 0.686. The van der Waals surface area contributed by atoms with Crippen LogP contribution in [0.15, 0.2) is 12.1 Å². The standard InChI is InChI=1S/C14H21O2P/c1-3-5-7-11-9-12(8-6-4-2)14-13(10-11)15-17-16-14/h9-10,17H,3-8H2,1-2H3. The highest BCUT2D eigenvalue weighted by atomic mass is 31.1. The van der Waals surface area contributed by atoms with Crippen LogP contribution in [-0.4, -0.2) is 0 Å². The molecule has 0 aliphatic carbocycles. The highest BCUT2D eigenvalue weighted by molar-refractivity contribution is 7.27. The summed E-state index contributed by atoms with van der Waals surface area (Å²) in [6.07, 6.45) is 7.17. The molecule has 0 aromatic heterocycles. The Morgan fingerprint density at radius 2 is 1.76 bits per heavy atom. The molecular weight excluding hydrogens is 231 g/mol. The van der Waals surface area contributed by atoms with E-state index in [4.69, 9.17) is 9.05 Å². The monoisotopic (exact) mass is 252 g/mol. The molecule has 2 rings (SSSR count). The minimum Gasteiger partial charge on any atom is -0.437 e. The van der Waals surface area contributed by atoms with Gasteiger partial charge >= 0.3 is 0 Å². The molecule has 1 heterocycles. The number of unbranched alkanes of at least 4 members (excludes halogenated alkanes) is 2. The fourth-order valence-electron chi connectivity index (χ4n) is 2.10. The third kappa shape index (κ3) is 3.13. The smallest absolute Gasteiger partial charge is 0.275 e. The molecule has 1 aliphatic heterocycles. The van der Waals surface area contributed by atoms with Gasteiger partial charge in [0.2, 0.25) is 0 Å². The number of aryl methyl sites for hydroxylation is 2. The van der Waals surface area contributed by atoms with E-state index < -0.39 is 0 Å². The lowest BCUT2D eigenvalue weighted by atomic mass is 10.0. The maximum absolute atomic E-state index is 5.59. The molecular formula is C14H21O2P. The highest BCUT2D eigenvalue weighted by Crippen LogP contribution is 2.45. The number of benzene rings is 1. The van der Waals surface area contributed by atoms with Crippen molar-refractivity contribution in [1.29, 1.82) is 0 Å². The number of rotatable bonds is 6. The minimum atomic E-state index is 0.147. The SMILES string of the molecule is CCCCc1cc(CCCC)c2c(c1)OPO2. The van der Waals surface area contributed by atoms with Crippen LogP contribution < -0.4 is 9.05 Å². The summed E-state index contributed by atoms with van der Waals surface area (Å²) in [6, 6.07) is 4.46. The van der Waals surface area contributed by atoms with Gasteiger partial charge in [-0.1, -0.05) is 32.8 Å². The molecule has 0 N–H and O–H groups in total. The van der Waals surface area contributed by atoms with Crippen molar-refractivity contribution in [2.24, 2.45) is 0 Å². The van der Waals surface area contributed by atoms with Crippen molar-refractivity contribution in [1.82, 2.24) is 0 Å². The lowest BCUT2D eigenvalue weighted by Gasteiger charge is -2.08. The normalized spacial score (nSPS) is 14.5. The number of fused-ring (bicyclic) bond motifs is 1. The molecule has 1 aromatic rings. The van der Waals surface area contributed by atoms with Gasteiger partial charge in [-0.2, -0.15) is 0 Å². The molecule has 0 amide bonds. The van der Waals surface area contributed by atoms with Gasteiger partial charge in [-0.3, -0.25) is 0 Å². The summed E-state index contributed by atoms with van der Waals surface area (Å²) in [5.41, 5.74) is 2.73. The Hall–Kier alpha value is -0.750. The summed E-state index contributed by atoms with van der Waals surface area (Å²) < 4.78 is 11.1. The Morgan fingerprint density at radius 1 is 1.00 bits per heavy atom. The fourth-order valence-corrected chi connectivity index (χ4v) is 2.70. The van der Waals surface area contributed by atoms with Crippen LogP contribution in [0.25, 0.3) is 0 Å². The lowest BCUT2D eigenvalue weighted by molar-refractivity contribution is 0.599. The predicted molar refractivity (Wildman–Crippen MR) is 73.2 cm³/mol. The second kappa shape index (κ2) is 6.26. The van der Waals surface area contributed by atoms with E-state index in [9.17, 15) is 0 Å². The van der Waals surface area contributed by atoms with Crippen LogP contribution >= 0.6 is 9.03 Å². The fraction of sp³-hybridized carbons (Fsp3) is 0.571. The van der Waals surface area contributed by atoms with Crippen molar-refractivity contribution < 1.29 is 9.05 Å². The van der Waals surface area contributed by atoms with Crippen LogP contribution in [-0.2, 0) is 12.8 Å². The first-order valence-electron chi connectivity index (χ1n) is 6.59. The zero-order valence-electron chi connectivity index (χ0n) is 10.7. The summed E-state index contributed by atoms with van der Waals surface area (Å²) >= 11 is 0.